The summed E-state index contributed by atoms with van der Waals surface area (Å²) in [7, 11) is 1.51. The van der Waals surface area contributed by atoms with Crippen molar-refractivity contribution in [3.63, 3.8) is 0 Å². The van der Waals surface area contributed by atoms with E-state index in [2.05, 4.69) is 15.6 Å². The molecule has 1 unspecified atom stereocenters. The van der Waals surface area contributed by atoms with Crippen LogP contribution in [0.4, 0.5) is 5.69 Å². The molecule has 1 rings (SSSR count). The van der Waals surface area contributed by atoms with Crippen LogP contribution < -0.4 is 15.4 Å². The van der Waals surface area contributed by atoms with Gasteiger partial charge in [0.05, 0.1) is 19.0 Å². The minimum absolute atomic E-state index is 0.0723. The first-order valence-electron chi connectivity index (χ1n) is 5.26. The Morgan fingerprint density at radius 2 is 2.22 bits per heavy atom. The van der Waals surface area contributed by atoms with Gasteiger partial charge in [-0.25, -0.2) is 9.78 Å². The van der Waals surface area contributed by atoms with Gasteiger partial charge in [-0.05, 0) is 6.07 Å². The molecule has 1 heterocycles. The fourth-order valence-corrected chi connectivity index (χ4v) is 1.27. The van der Waals surface area contributed by atoms with Gasteiger partial charge in [0, 0.05) is 19.5 Å². The minimum atomic E-state index is -1.10. The predicted octanol–water partition coefficient (Wildman–Crippen LogP) is 0.0914. The topological polar surface area (TPSA) is 101 Å². The highest BCUT2D eigenvalue weighted by molar-refractivity contribution is 5.82. The van der Waals surface area contributed by atoms with Crippen molar-refractivity contribution in [2.75, 3.05) is 19.0 Å². The molecule has 0 radical (unpaired) electrons. The highest BCUT2D eigenvalue weighted by Gasteiger charge is 2.17. The lowest BCUT2D eigenvalue weighted by Gasteiger charge is -2.14. The van der Waals surface area contributed by atoms with Gasteiger partial charge in [-0.1, -0.05) is 0 Å². The molecule has 0 bridgehead atoms. The number of nitrogens with one attached hydrogen (secondary N) is 2. The van der Waals surface area contributed by atoms with Gasteiger partial charge in [-0.3, -0.25) is 4.79 Å². The molecule has 1 aromatic rings. The van der Waals surface area contributed by atoms with Crippen molar-refractivity contribution in [3.05, 3.63) is 18.3 Å². The fraction of sp³-hybridized carbons (Fsp3) is 0.364. The molecule has 0 aromatic carbocycles. The summed E-state index contributed by atoms with van der Waals surface area (Å²) in [5.74, 6) is -1.02. The van der Waals surface area contributed by atoms with Crippen LogP contribution in [0.5, 0.6) is 5.88 Å². The van der Waals surface area contributed by atoms with Crippen molar-refractivity contribution in [1.82, 2.24) is 10.3 Å². The fourth-order valence-electron chi connectivity index (χ4n) is 1.27. The molecule has 18 heavy (non-hydrogen) atoms. The Bertz CT molecular complexity index is 419. The maximum absolute atomic E-state index is 10.9. The summed E-state index contributed by atoms with van der Waals surface area (Å²) in [6, 6.07) is 2.37. The number of ether oxygens (including phenoxy) is 1. The number of aromatic nitrogens is 1. The quantitative estimate of drug-likeness (QED) is 0.664. The van der Waals surface area contributed by atoms with Crippen molar-refractivity contribution >= 4 is 17.6 Å². The van der Waals surface area contributed by atoms with Gasteiger partial charge in [0.25, 0.3) is 0 Å². The van der Waals surface area contributed by atoms with Crippen LogP contribution in [-0.4, -0.2) is 41.7 Å². The van der Waals surface area contributed by atoms with Crippen LogP contribution in [0.3, 0.4) is 0 Å². The van der Waals surface area contributed by atoms with Gasteiger partial charge in [-0.15, -0.1) is 0 Å². The number of nitrogens with zero attached hydrogens (tertiary/aromatic N) is 1. The van der Waals surface area contributed by atoms with Crippen molar-refractivity contribution in [2.45, 2.75) is 13.0 Å². The van der Waals surface area contributed by atoms with Crippen LogP contribution in [0.15, 0.2) is 18.3 Å². The molecule has 7 nitrogen and oxygen atoms in total. The van der Waals surface area contributed by atoms with E-state index >= 15 is 0 Å². The molecule has 0 aliphatic heterocycles. The molecule has 3 N–H and O–H groups in total. The first-order valence-corrected chi connectivity index (χ1v) is 5.26. The highest BCUT2D eigenvalue weighted by Crippen LogP contribution is 2.10. The summed E-state index contributed by atoms with van der Waals surface area (Å²) >= 11 is 0. The van der Waals surface area contributed by atoms with E-state index in [1.165, 1.54) is 20.2 Å². The number of carboxylic acids is 1. The van der Waals surface area contributed by atoms with Crippen molar-refractivity contribution in [2.24, 2.45) is 0 Å². The number of rotatable bonds is 6. The van der Waals surface area contributed by atoms with Crippen LogP contribution in [0.2, 0.25) is 0 Å². The number of carbonyl (C=O) groups excluding carboxylic acids is 1. The zero-order valence-electron chi connectivity index (χ0n) is 10.1. The molecule has 0 saturated heterocycles. The SMILES string of the molecule is COc1ccc(NCC(NC(C)=O)C(=O)O)cn1. The van der Waals surface area contributed by atoms with Gasteiger partial charge in [0.2, 0.25) is 11.8 Å². The zero-order chi connectivity index (χ0) is 13.5. The van der Waals surface area contributed by atoms with Gasteiger partial charge in [0.15, 0.2) is 0 Å². The van der Waals surface area contributed by atoms with Crippen LogP contribution in [0.25, 0.3) is 0 Å². The highest BCUT2D eigenvalue weighted by atomic mass is 16.5. The second kappa shape index (κ2) is 6.43. The van der Waals surface area contributed by atoms with E-state index in [0.29, 0.717) is 11.6 Å². The number of anilines is 1. The Balaban J connectivity index is 2.55. The first kappa shape index (κ1) is 13.8. The Morgan fingerprint density at radius 1 is 1.50 bits per heavy atom. The zero-order valence-corrected chi connectivity index (χ0v) is 10.1. The molecule has 1 amide bonds. The van der Waals surface area contributed by atoms with Crippen molar-refractivity contribution in [3.8, 4) is 5.88 Å². The summed E-state index contributed by atoms with van der Waals surface area (Å²) in [6.07, 6.45) is 1.52. The summed E-state index contributed by atoms with van der Waals surface area (Å²) in [5.41, 5.74) is 0.646. The Labute approximate surface area is 104 Å². The summed E-state index contributed by atoms with van der Waals surface area (Å²) in [5, 5.41) is 14.1. The standard InChI is InChI=1S/C11H15N3O4/c1-7(15)14-9(11(16)17)6-12-8-3-4-10(18-2)13-5-8/h3-5,9,12H,6H2,1-2H3,(H,14,15)(H,16,17). The number of hydrogen-bond donors (Lipinski definition) is 3. The molecule has 1 atom stereocenters. The molecule has 7 heteroatoms. The minimum Gasteiger partial charge on any atom is -0.481 e. The van der Waals surface area contributed by atoms with Crippen LogP contribution >= 0.6 is 0 Å². The van der Waals surface area contributed by atoms with Crippen molar-refractivity contribution in [1.29, 1.82) is 0 Å². The molecule has 0 saturated carbocycles. The molecule has 0 aliphatic carbocycles. The second-order valence-electron chi connectivity index (χ2n) is 3.56. The van der Waals surface area contributed by atoms with Crippen molar-refractivity contribution < 1.29 is 19.4 Å². The van der Waals surface area contributed by atoms with Gasteiger partial charge in [-0.2, -0.15) is 0 Å². The van der Waals surface area contributed by atoms with Crippen LogP contribution in [0.1, 0.15) is 6.92 Å². The van der Waals surface area contributed by atoms with Gasteiger partial charge < -0.3 is 20.5 Å². The number of carboxylic acid groups (broad SMARTS) is 1. The largest absolute Gasteiger partial charge is 0.481 e. The maximum Gasteiger partial charge on any atom is 0.328 e. The molecule has 0 fully saturated rings. The third-order valence-electron chi connectivity index (χ3n) is 2.13. The average Bonchev–Trinajstić information content (AvgIpc) is 2.34. The molecular formula is C11H15N3O4. The van der Waals surface area contributed by atoms with E-state index < -0.39 is 17.9 Å². The van der Waals surface area contributed by atoms with E-state index in [4.69, 9.17) is 9.84 Å². The average molecular weight is 253 g/mol. The summed E-state index contributed by atoms with van der Waals surface area (Å²) in [4.78, 5) is 25.7. The third kappa shape index (κ3) is 4.28. The van der Waals surface area contributed by atoms with E-state index in [1.807, 2.05) is 0 Å². The summed E-state index contributed by atoms with van der Waals surface area (Å²) < 4.78 is 4.90. The molecular weight excluding hydrogens is 238 g/mol. The van der Waals surface area contributed by atoms with E-state index in [1.54, 1.807) is 12.1 Å². The van der Waals surface area contributed by atoms with Crippen LogP contribution in [0, 0.1) is 0 Å². The number of aliphatic carboxylic acids is 1. The van der Waals surface area contributed by atoms with E-state index in [-0.39, 0.29) is 6.54 Å². The Morgan fingerprint density at radius 3 is 2.67 bits per heavy atom. The third-order valence-corrected chi connectivity index (χ3v) is 2.13. The molecule has 0 spiro atoms. The Kier molecular flexibility index (Phi) is 4.91. The Hall–Kier alpha value is -2.31. The number of carbonyl (C=O) groups is 2. The number of hydrogen-bond acceptors (Lipinski definition) is 5. The lowest BCUT2D eigenvalue weighted by atomic mass is 10.3. The van der Waals surface area contributed by atoms with Gasteiger partial charge >= 0.3 is 5.97 Å². The lowest BCUT2D eigenvalue weighted by molar-refractivity contribution is -0.141. The number of methoxy groups -OCH3 is 1. The monoisotopic (exact) mass is 253 g/mol. The maximum atomic E-state index is 10.9. The van der Waals surface area contributed by atoms with Gasteiger partial charge in [0.1, 0.15) is 6.04 Å². The van der Waals surface area contributed by atoms with Crippen LogP contribution in [-0.2, 0) is 9.59 Å². The first-order chi connectivity index (χ1) is 8.52. The predicted molar refractivity (Wildman–Crippen MR) is 64.5 cm³/mol. The van der Waals surface area contributed by atoms with E-state index in [0.717, 1.165) is 0 Å². The van der Waals surface area contributed by atoms with E-state index in [9.17, 15) is 9.59 Å². The molecule has 1 aromatic heterocycles. The molecule has 0 aliphatic rings. The molecule has 98 valence electrons. The lowest BCUT2D eigenvalue weighted by Crippen LogP contribution is -2.44. The normalized spacial score (nSPS) is 11.4. The smallest absolute Gasteiger partial charge is 0.328 e. The second-order valence-corrected chi connectivity index (χ2v) is 3.56. The summed E-state index contributed by atoms with van der Waals surface area (Å²) in [6.45, 7) is 1.34. The number of amides is 1. The number of pyridine rings is 1.